The fraction of sp³-hybridized carbons (Fsp3) is 0.214. The molecule has 0 aliphatic heterocycles. The summed E-state index contributed by atoms with van der Waals surface area (Å²) in [4.78, 5) is 4.09. The molecule has 3 heteroatoms. The van der Waals surface area contributed by atoms with Crippen molar-refractivity contribution in [1.82, 2.24) is 4.98 Å². The highest BCUT2D eigenvalue weighted by molar-refractivity contribution is 5.44. The molecule has 0 saturated carbocycles. The van der Waals surface area contributed by atoms with E-state index in [2.05, 4.69) is 11.1 Å². The van der Waals surface area contributed by atoms with Crippen molar-refractivity contribution in [2.75, 3.05) is 12.8 Å². The molecule has 0 radical (unpaired) electrons. The Morgan fingerprint density at radius 2 is 2.12 bits per heavy atom. The molecule has 1 aromatic heterocycles. The first-order chi connectivity index (χ1) is 8.29. The average Bonchev–Trinajstić information content (AvgIpc) is 2.38. The molecule has 0 amide bonds. The molecule has 1 heterocycles. The first kappa shape index (κ1) is 11.5. The van der Waals surface area contributed by atoms with Crippen LogP contribution in [-0.4, -0.2) is 12.1 Å². The summed E-state index contributed by atoms with van der Waals surface area (Å²) in [6, 6.07) is 9.92. The van der Waals surface area contributed by atoms with Crippen molar-refractivity contribution in [3.8, 4) is 5.75 Å². The lowest BCUT2D eigenvalue weighted by atomic mass is 10.0. The lowest BCUT2D eigenvalue weighted by molar-refractivity contribution is 0.414. The number of hydrogen-bond donors (Lipinski definition) is 1. The maximum atomic E-state index is 5.88. The van der Waals surface area contributed by atoms with Crippen LogP contribution in [0.25, 0.3) is 0 Å². The van der Waals surface area contributed by atoms with Gasteiger partial charge in [-0.2, -0.15) is 0 Å². The van der Waals surface area contributed by atoms with E-state index in [4.69, 9.17) is 10.5 Å². The van der Waals surface area contributed by atoms with Crippen LogP contribution in [0.1, 0.15) is 11.1 Å². The van der Waals surface area contributed by atoms with E-state index in [0.29, 0.717) is 0 Å². The average molecular weight is 228 g/mol. The zero-order valence-corrected chi connectivity index (χ0v) is 9.89. The van der Waals surface area contributed by atoms with E-state index in [9.17, 15) is 0 Å². The van der Waals surface area contributed by atoms with Gasteiger partial charge in [0, 0.05) is 18.1 Å². The van der Waals surface area contributed by atoms with Crippen LogP contribution >= 0.6 is 0 Å². The van der Waals surface area contributed by atoms with Crippen LogP contribution in [0, 0.1) is 0 Å². The van der Waals surface area contributed by atoms with Crippen LogP contribution < -0.4 is 10.5 Å². The normalized spacial score (nSPS) is 10.2. The molecule has 0 atom stereocenters. The van der Waals surface area contributed by atoms with Crippen molar-refractivity contribution < 1.29 is 4.74 Å². The lowest BCUT2D eigenvalue weighted by Gasteiger charge is -2.06. The second kappa shape index (κ2) is 5.34. The minimum Gasteiger partial charge on any atom is -0.497 e. The number of nitrogen functional groups attached to an aromatic ring is 1. The predicted octanol–water partition coefficient (Wildman–Crippen LogP) is 2.46. The van der Waals surface area contributed by atoms with E-state index >= 15 is 0 Å². The summed E-state index contributed by atoms with van der Waals surface area (Å²) in [6.45, 7) is 0. The van der Waals surface area contributed by atoms with Crippen LogP contribution in [-0.2, 0) is 12.8 Å². The molecular formula is C14H16N2O. The van der Waals surface area contributed by atoms with Gasteiger partial charge in [-0.3, -0.25) is 4.98 Å². The SMILES string of the molecule is COc1cccc(CCc2cnccc2N)c1. The van der Waals surface area contributed by atoms with Crippen LogP contribution in [0.4, 0.5) is 5.69 Å². The number of anilines is 1. The van der Waals surface area contributed by atoms with Crippen LogP contribution in [0.15, 0.2) is 42.7 Å². The van der Waals surface area contributed by atoms with E-state index in [1.165, 1.54) is 5.56 Å². The van der Waals surface area contributed by atoms with Crippen LogP contribution in [0.2, 0.25) is 0 Å². The van der Waals surface area contributed by atoms with Crippen LogP contribution in [0.5, 0.6) is 5.75 Å². The number of rotatable bonds is 4. The number of aryl methyl sites for hydroxylation is 2. The molecule has 1 aromatic carbocycles. The highest BCUT2D eigenvalue weighted by atomic mass is 16.5. The quantitative estimate of drug-likeness (QED) is 0.874. The number of aromatic nitrogens is 1. The summed E-state index contributed by atoms with van der Waals surface area (Å²) < 4.78 is 5.19. The second-order valence-electron chi connectivity index (χ2n) is 3.93. The van der Waals surface area contributed by atoms with Gasteiger partial charge in [-0.25, -0.2) is 0 Å². The smallest absolute Gasteiger partial charge is 0.119 e. The fourth-order valence-corrected chi connectivity index (χ4v) is 1.75. The van der Waals surface area contributed by atoms with Gasteiger partial charge in [-0.15, -0.1) is 0 Å². The third-order valence-electron chi connectivity index (χ3n) is 2.76. The van der Waals surface area contributed by atoms with Gasteiger partial charge >= 0.3 is 0 Å². The Balaban J connectivity index is 2.05. The monoisotopic (exact) mass is 228 g/mol. The van der Waals surface area contributed by atoms with E-state index in [1.54, 1.807) is 13.3 Å². The first-order valence-corrected chi connectivity index (χ1v) is 5.61. The number of benzene rings is 1. The number of hydrogen-bond acceptors (Lipinski definition) is 3. The molecule has 0 aliphatic carbocycles. The van der Waals surface area contributed by atoms with Crippen molar-refractivity contribution >= 4 is 5.69 Å². The van der Waals surface area contributed by atoms with E-state index in [0.717, 1.165) is 29.8 Å². The minimum atomic E-state index is 0.808. The molecule has 0 bridgehead atoms. The third-order valence-corrected chi connectivity index (χ3v) is 2.76. The molecule has 0 spiro atoms. The van der Waals surface area contributed by atoms with Gasteiger partial charge in [0.2, 0.25) is 0 Å². The van der Waals surface area contributed by atoms with Crippen molar-refractivity contribution in [3.63, 3.8) is 0 Å². The molecule has 88 valence electrons. The molecule has 0 unspecified atom stereocenters. The molecular weight excluding hydrogens is 212 g/mol. The summed E-state index contributed by atoms with van der Waals surface area (Å²) >= 11 is 0. The van der Waals surface area contributed by atoms with Gasteiger partial charge in [-0.1, -0.05) is 12.1 Å². The van der Waals surface area contributed by atoms with E-state index < -0.39 is 0 Å². The Hall–Kier alpha value is -2.03. The van der Waals surface area contributed by atoms with Crippen molar-refractivity contribution in [3.05, 3.63) is 53.9 Å². The number of methoxy groups -OCH3 is 1. The second-order valence-corrected chi connectivity index (χ2v) is 3.93. The standard InChI is InChI=1S/C14H16N2O/c1-17-13-4-2-3-11(9-13)5-6-12-10-16-8-7-14(12)15/h2-4,7-10H,5-6H2,1H3,(H2,15,16). The number of ether oxygens (including phenoxy) is 1. The van der Waals surface area contributed by atoms with Crippen molar-refractivity contribution in [2.24, 2.45) is 0 Å². The molecule has 17 heavy (non-hydrogen) atoms. The largest absolute Gasteiger partial charge is 0.497 e. The zero-order valence-electron chi connectivity index (χ0n) is 9.89. The molecule has 2 N–H and O–H groups in total. The van der Waals surface area contributed by atoms with Gasteiger partial charge in [0.25, 0.3) is 0 Å². The van der Waals surface area contributed by atoms with Crippen LogP contribution in [0.3, 0.4) is 0 Å². The first-order valence-electron chi connectivity index (χ1n) is 5.61. The van der Waals surface area contributed by atoms with E-state index in [-0.39, 0.29) is 0 Å². The Labute approximate surface area is 101 Å². The lowest BCUT2D eigenvalue weighted by Crippen LogP contribution is -1.98. The number of nitrogens with two attached hydrogens (primary N) is 1. The Morgan fingerprint density at radius 3 is 2.88 bits per heavy atom. The molecule has 2 aromatic rings. The zero-order chi connectivity index (χ0) is 12.1. The third kappa shape index (κ3) is 2.97. The van der Waals surface area contributed by atoms with Crippen molar-refractivity contribution in [1.29, 1.82) is 0 Å². The van der Waals surface area contributed by atoms with Gasteiger partial charge in [0.15, 0.2) is 0 Å². The maximum absolute atomic E-state index is 5.88. The van der Waals surface area contributed by atoms with Gasteiger partial charge in [0.1, 0.15) is 5.75 Å². The Morgan fingerprint density at radius 1 is 1.24 bits per heavy atom. The van der Waals surface area contributed by atoms with Crippen molar-refractivity contribution in [2.45, 2.75) is 12.8 Å². The Bertz CT molecular complexity index is 497. The molecule has 0 aliphatic rings. The van der Waals surface area contributed by atoms with Gasteiger partial charge in [-0.05, 0) is 42.2 Å². The summed E-state index contributed by atoms with van der Waals surface area (Å²) in [5.41, 5.74) is 9.02. The highest BCUT2D eigenvalue weighted by Gasteiger charge is 2.01. The molecule has 0 fully saturated rings. The molecule has 2 rings (SSSR count). The minimum absolute atomic E-state index is 0.808. The molecule has 3 nitrogen and oxygen atoms in total. The topological polar surface area (TPSA) is 48.1 Å². The summed E-state index contributed by atoms with van der Waals surface area (Å²) in [5.74, 6) is 0.890. The fourth-order valence-electron chi connectivity index (χ4n) is 1.75. The van der Waals surface area contributed by atoms with E-state index in [1.807, 2.05) is 30.5 Å². The predicted molar refractivity (Wildman–Crippen MR) is 69.1 cm³/mol. The maximum Gasteiger partial charge on any atom is 0.119 e. The Kier molecular flexibility index (Phi) is 3.60. The summed E-state index contributed by atoms with van der Waals surface area (Å²) in [7, 11) is 1.68. The molecule has 0 saturated heterocycles. The van der Waals surface area contributed by atoms with Gasteiger partial charge < -0.3 is 10.5 Å². The highest BCUT2D eigenvalue weighted by Crippen LogP contribution is 2.16. The summed E-state index contributed by atoms with van der Waals surface area (Å²) in [6.07, 6.45) is 5.37. The number of pyridine rings is 1. The van der Waals surface area contributed by atoms with Gasteiger partial charge in [0.05, 0.1) is 7.11 Å². The number of nitrogens with zero attached hydrogens (tertiary/aromatic N) is 1. The summed E-state index contributed by atoms with van der Waals surface area (Å²) in [5, 5.41) is 0.